The molecule has 0 N–H and O–H groups in total. The van der Waals surface area contributed by atoms with Crippen LogP contribution in [0.25, 0.3) is 49.5 Å². The van der Waals surface area contributed by atoms with Crippen LogP contribution in [0, 0.1) is 0 Å². The van der Waals surface area contributed by atoms with Crippen LogP contribution in [0.5, 0.6) is 11.5 Å². The molecule has 0 saturated carbocycles. The number of para-hydroxylation sites is 1. The zero-order valence-corrected chi connectivity index (χ0v) is 18.4. The van der Waals surface area contributed by atoms with E-state index in [1.807, 2.05) is 12.3 Å². The maximum Gasteiger partial charge on any atom is 0.361 e. The third kappa shape index (κ3) is 1.52. The quantitative estimate of drug-likeness (QED) is 0.240. The lowest BCUT2D eigenvalue weighted by atomic mass is 9.86. The number of ether oxygens (including phenoxy) is 1. The van der Waals surface area contributed by atoms with Crippen LogP contribution in [0.15, 0.2) is 97.3 Å². The van der Waals surface area contributed by atoms with Gasteiger partial charge in [0.25, 0.3) is 11.0 Å². The number of pyridine rings is 3. The molecule has 1 unspecified atom stereocenters. The van der Waals surface area contributed by atoms with Crippen LogP contribution in [0.1, 0.15) is 11.1 Å². The van der Waals surface area contributed by atoms with Crippen molar-refractivity contribution in [3.63, 3.8) is 0 Å². The Morgan fingerprint density at radius 2 is 1.57 bits per heavy atom. The standard InChI is InChI=1S/C30H16N4O/c1-2-11-22-18(7-1)28-19-9-6-15-31-27(19)20-13-14-24-26-29(20)33(28)34(22)30(26)25-17(8-5-12-23(25)35-24)21-10-3-4-16-32(21)30/h1-16H/q+2. The summed E-state index contributed by atoms with van der Waals surface area (Å²) in [5, 5.41) is 3.54. The lowest BCUT2D eigenvalue weighted by Gasteiger charge is -2.27. The zero-order chi connectivity index (χ0) is 22.5. The molecule has 0 radical (unpaired) electrons. The highest BCUT2D eigenvalue weighted by molar-refractivity contribution is 6.15. The minimum atomic E-state index is -0.582. The van der Waals surface area contributed by atoms with Crippen LogP contribution in [0.3, 0.4) is 0 Å². The number of rotatable bonds is 0. The van der Waals surface area contributed by atoms with Crippen molar-refractivity contribution in [2.24, 2.45) is 0 Å². The summed E-state index contributed by atoms with van der Waals surface area (Å²) in [4.78, 5) is 4.89. The van der Waals surface area contributed by atoms with Gasteiger partial charge in [-0.05, 0) is 54.6 Å². The Hall–Kier alpha value is -4.77. The van der Waals surface area contributed by atoms with Crippen molar-refractivity contribution in [2.75, 3.05) is 0 Å². The van der Waals surface area contributed by atoms with Gasteiger partial charge in [-0.3, -0.25) is 4.98 Å². The SMILES string of the molecule is c1cc2c3c(c1)-c1cccc[n+]1C31c3c(ccc4c5ncccc5c5c6ccccc6n1[n+]5c34)O2. The number of hydrogen-bond donors (Lipinski definition) is 0. The molecule has 4 aromatic heterocycles. The molecule has 10 rings (SSSR count). The fourth-order valence-electron chi connectivity index (χ4n) is 7.12. The van der Waals surface area contributed by atoms with E-state index in [4.69, 9.17) is 9.72 Å². The van der Waals surface area contributed by atoms with Gasteiger partial charge in [0.2, 0.25) is 5.69 Å². The lowest BCUT2D eigenvalue weighted by Crippen LogP contribution is -2.62. The van der Waals surface area contributed by atoms with Crippen molar-refractivity contribution >= 4 is 38.2 Å². The highest BCUT2D eigenvalue weighted by atomic mass is 16.5. The highest BCUT2D eigenvalue weighted by Crippen LogP contribution is 2.58. The smallest absolute Gasteiger partial charge is 0.361 e. The molecule has 160 valence electrons. The first-order valence-corrected chi connectivity index (χ1v) is 11.9. The fraction of sp³-hybridized carbons (Fsp3) is 0.0333. The third-order valence-corrected chi connectivity index (χ3v) is 8.20. The predicted molar refractivity (Wildman–Crippen MR) is 132 cm³/mol. The first-order chi connectivity index (χ1) is 17.4. The molecule has 5 nitrogen and oxygen atoms in total. The average Bonchev–Trinajstić information content (AvgIpc) is 3.53. The molecule has 1 spiro atoms. The Kier molecular flexibility index (Phi) is 2.47. The maximum atomic E-state index is 6.65. The van der Waals surface area contributed by atoms with Crippen molar-refractivity contribution < 1.29 is 13.8 Å². The van der Waals surface area contributed by atoms with E-state index in [0.717, 1.165) is 27.8 Å². The van der Waals surface area contributed by atoms with E-state index < -0.39 is 5.66 Å². The summed E-state index contributed by atoms with van der Waals surface area (Å²) in [5.41, 5.74) is 8.80. The average molecular weight is 448 g/mol. The van der Waals surface area contributed by atoms with Crippen molar-refractivity contribution in [1.82, 2.24) is 9.67 Å². The summed E-state index contributed by atoms with van der Waals surface area (Å²) in [5.74, 6) is 1.82. The van der Waals surface area contributed by atoms with E-state index in [9.17, 15) is 0 Å². The molecular formula is C30H16N4O+2. The summed E-state index contributed by atoms with van der Waals surface area (Å²) >= 11 is 0. The second-order valence-electron chi connectivity index (χ2n) is 9.63. The van der Waals surface area contributed by atoms with Gasteiger partial charge in [0.05, 0.1) is 27.2 Å². The van der Waals surface area contributed by atoms with Gasteiger partial charge in [-0.2, -0.15) is 4.57 Å². The van der Waals surface area contributed by atoms with E-state index in [0.29, 0.717) is 0 Å². The van der Waals surface area contributed by atoms with Gasteiger partial charge in [0, 0.05) is 18.3 Å². The van der Waals surface area contributed by atoms with Crippen LogP contribution in [0.4, 0.5) is 0 Å². The van der Waals surface area contributed by atoms with Gasteiger partial charge in [0.1, 0.15) is 22.6 Å². The number of aromatic nitrogens is 4. The van der Waals surface area contributed by atoms with E-state index in [-0.39, 0.29) is 0 Å². The summed E-state index contributed by atoms with van der Waals surface area (Å²) in [6, 6.07) is 30.2. The fourth-order valence-corrected chi connectivity index (χ4v) is 7.12. The van der Waals surface area contributed by atoms with Crippen molar-refractivity contribution in [3.05, 3.63) is 108 Å². The Bertz CT molecular complexity index is 2160. The van der Waals surface area contributed by atoms with Crippen LogP contribution in [-0.2, 0) is 5.66 Å². The van der Waals surface area contributed by atoms with Crippen molar-refractivity contribution in [2.45, 2.75) is 5.66 Å². The first kappa shape index (κ1) is 16.8. The topological polar surface area (TPSA) is 35.0 Å². The molecule has 3 aliphatic heterocycles. The minimum Gasteiger partial charge on any atom is -0.456 e. The minimum absolute atomic E-state index is 0.582. The molecule has 0 aliphatic carbocycles. The molecule has 5 heteroatoms. The van der Waals surface area contributed by atoms with E-state index in [1.165, 1.54) is 44.3 Å². The number of benzene rings is 3. The first-order valence-electron chi connectivity index (χ1n) is 11.9. The molecule has 0 saturated heterocycles. The zero-order valence-electron chi connectivity index (χ0n) is 18.4. The summed E-state index contributed by atoms with van der Waals surface area (Å²) in [6.07, 6.45) is 4.12. The van der Waals surface area contributed by atoms with Crippen LogP contribution < -0.4 is 13.8 Å². The Morgan fingerprint density at radius 1 is 0.714 bits per heavy atom. The number of nitrogens with zero attached hydrogens (tertiary/aromatic N) is 4. The largest absolute Gasteiger partial charge is 0.456 e. The molecule has 35 heavy (non-hydrogen) atoms. The van der Waals surface area contributed by atoms with Crippen LogP contribution in [-0.4, -0.2) is 9.67 Å². The van der Waals surface area contributed by atoms with Gasteiger partial charge in [-0.15, -0.1) is 0 Å². The molecule has 0 bridgehead atoms. The highest BCUT2D eigenvalue weighted by Gasteiger charge is 2.69. The number of fused-ring (bicyclic) bond motifs is 8. The van der Waals surface area contributed by atoms with Gasteiger partial charge < -0.3 is 4.74 Å². The second kappa shape index (κ2) is 5.15. The van der Waals surface area contributed by atoms with Crippen LogP contribution in [0.2, 0.25) is 0 Å². The van der Waals surface area contributed by atoms with Gasteiger partial charge in [-0.1, -0.05) is 27.4 Å². The molecule has 0 amide bonds. The van der Waals surface area contributed by atoms with Gasteiger partial charge in [-0.25, -0.2) is 0 Å². The molecule has 3 aromatic carbocycles. The molecule has 0 fully saturated rings. The van der Waals surface area contributed by atoms with Gasteiger partial charge >= 0.3 is 5.66 Å². The van der Waals surface area contributed by atoms with Crippen molar-refractivity contribution in [1.29, 1.82) is 0 Å². The Balaban J connectivity index is 1.63. The predicted octanol–water partition coefficient (Wildman–Crippen LogP) is 5.07. The summed E-state index contributed by atoms with van der Waals surface area (Å²) in [7, 11) is 0. The maximum absolute atomic E-state index is 6.65. The van der Waals surface area contributed by atoms with E-state index in [1.54, 1.807) is 0 Å². The lowest BCUT2D eigenvalue weighted by molar-refractivity contribution is -0.765. The van der Waals surface area contributed by atoms with Crippen molar-refractivity contribution in [3.8, 4) is 22.8 Å². The van der Waals surface area contributed by atoms with E-state index in [2.05, 4.69) is 98.8 Å². The Labute approximate surface area is 198 Å². The second-order valence-corrected chi connectivity index (χ2v) is 9.63. The molecule has 3 aliphatic rings. The van der Waals surface area contributed by atoms with Crippen LogP contribution >= 0.6 is 0 Å². The molecule has 1 atom stereocenters. The molecule has 7 heterocycles. The monoisotopic (exact) mass is 448 g/mol. The normalized spacial score (nSPS) is 18.1. The van der Waals surface area contributed by atoms with Gasteiger partial charge in [0.15, 0.2) is 11.8 Å². The Morgan fingerprint density at radius 3 is 2.57 bits per heavy atom. The molecular weight excluding hydrogens is 432 g/mol. The summed E-state index contributed by atoms with van der Waals surface area (Å²) in [6.45, 7) is 0. The molecule has 7 aromatic rings. The summed E-state index contributed by atoms with van der Waals surface area (Å²) < 4.78 is 14.0. The number of hydrogen-bond acceptors (Lipinski definition) is 2. The third-order valence-electron chi connectivity index (χ3n) is 8.20. The van der Waals surface area contributed by atoms with E-state index >= 15 is 0 Å².